The molecule has 3 N–H and O–H groups in total. The number of halogens is 1. The number of fused-ring (bicyclic) bond motifs is 1. The van der Waals surface area contributed by atoms with Gasteiger partial charge in [0, 0.05) is 35.6 Å². The minimum atomic E-state index is -1.45. The van der Waals surface area contributed by atoms with E-state index in [-0.39, 0.29) is 24.9 Å². The number of aromatic hydroxyl groups is 1. The predicted octanol–water partition coefficient (Wildman–Crippen LogP) is 2.95. The van der Waals surface area contributed by atoms with Gasteiger partial charge in [-0.15, -0.1) is 11.6 Å². The molecule has 0 bridgehead atoms. The summed E-state index contributed by atoms with van der Waals surface area (Å²) in [6.45, 7) is 0.661. The second-order valence-electron chi connectivity index (χ2n) is 6.87. The molecule has 27 heavy (non-hydrogen) atoms. The Kier molecular flexibility index (Phi) is 3.52. The average molecular weight is 385 g/mol. The lowest BCUT2D eigenvalue weighted by Crippen LogP contribution is -2.44. The zero-order valence-corrected chi connectivity index (χ0v) is 15.1. The van der Waals surface area contributed by atoms with E-state index in [1.54, 1.807) is 18.2 Å². The summed E-state index contributed by atoms with van der Waals surface area (Å²) in [5.74, 6) is 0.985. The maximum absolute atomic E-state index is 13.0. The van der Waals surface area contributed by atoms with Crippen LogP contribution in [0.1, 0.15) is 16.7 Å². The van der Waals surface area contributed by atoms with Crippen molar-refractivity contribution in [2.24, 2.45) is 0 Å². The lowest BCUT2D eigenvalue weighted by atomic mass is 9.85. The molecule has 3 aromatic rings. The van der Waals surface area contributed by atoms with Crippen LogP contribution < -0.4 is 14.8 Å². The average Bonchev–Trinajstić information content (AvgIpc) is 3.27. The quantitative estimate of drug-likeness (QED) is 0.593. The number of carbonyl (C=O) groups excluding carboxylic acids is 1. The van der Waals surface area contributed by atoms with Crippen LogP contribution in [0.5, 0.6) is 17.2 Å². The summed E-state index contributed by atoms with van der Waals surface area (Å²) in [4.78, 5) is 14.8. The number of ether oxygens (including phenoxy) is 2. The van der Waals surface area contributed by atoms with Gasteiger partial charge in [0.05, 0.1) is 0 Å². The van der Waals surface area contributed by atoms with Gasteiger partial charge in [-0.1, -0.05) is 6.07 Å². The molecule has 2 aliphatic rings. The van der Waals surface area contributed by atoms with E-state index in [4.69, 9.17) is 21.1 Å². The van der Waals surface area contributed by atoms with Gasteiger partial charge in [-0.3, -0.25) is 4.79 Å². The van der Waals surface area contributed by atoms with E-state index in [2.05, 4.69) is 10.3 Å². The summed E-state index contributed by atoms with van der Waals surface area (Å²) in [5, 5.41) is 14.4. The predicted molar refractivity (Wildman–Crippen MR) is 100 cm³/mol. The normalized spacial score (nSPS) is 21.0. The van der Waals surface area contributed by atoms with Crippen LogP contribution in [-0.2, 0) is 22.5 Å². The van der Waals surface area contributed by atoms with Gasteiger partial charge in [-0.25, -0.2) is 0 Å². The molecule has 0 radical (unpaired) electrons. The highest BCUT2D eigenvalue weighted by atomic mass is 35.5. The van der Waals surface area contributed by atoms with Crippen LogP contribution in [-0.4, -0.2) is 29.3 Å². The third kappa shape index (κ3) is 2.44. The van der Waals surface area contributed by atoms with Crippen LogP contribution in [0.25, 0.3) is 10.9 Å². The summed E-state index contributed by atoms with van der Waals surface area (Å²) < 4.78 is 10.8. The number of phenols is 1. The Balaban J connectivity index is 1.69. The van der Waals surface area contributed by atoms with E-state index < -0.39 is 4.87 Å². The Morgan fingerprint density at radius 3 is 2.93 bits per heavy atom. The highest BCUT2D eigenvalue weighted by Crippen LogP contribution is 2.45. The maximum Gasteiger partial charge on any atom is 0.246 e. The van der Waals surface area contributed by atoms with Crippen LogP contribution in [0.4, 0.5) is 0 Å². The maximum atomic E-state index is 13.0. The fraction of sp³-hybridized carbons (Fsp3) is 0.250. The number of hydrogen-bond acceptors (Lipinski definition) is 4. The fourth-order valence-electron chi connectivity index (χ4n) is 3.95. The third-order valence-corrected chi connectivity index (χ3v) is 5.72. The van der Waals surface area contributed by atoms with Crippen LogP contribution in [0, 0.1) is 0 Å². The molecule has 3 heterocycles. The molecule has 138 valence electrons. The molecule has 1 unspecified atom stereocenters. The van der Waals surface area contributed by atoms with Gasteiger partial charge in [0.1, 0.15) is 5.75 Å². The molecule has 0 aliphatic carbocycles. The molecule has 1 aromatic heterocycles. The highest BCUT2D eigenvalue weighted by Gasteiger charge is 2.43. The first-order chi connectivity index (χ1) is 13.1. The Labute approximate surface area is 160 Å². The Hall–Kier alpha value is -2.86. The third-order valence-electron chi connectivity index (χ3n) is 5.23. The van der Waals surface area contributed by atoms with Crippen LogP contribution in [0.3, 0.4) is 0 Å². The topological polar surface area (TPSA) is 83.6 Å². The number of rotatable bonds is 2. The standard InChI is InChI=1S/C20H17ClN2O4/c21-20(8-11-1-4-15-16(7-11)27-10-26-15)18-14(24)3-2-13-17(18)12(9-23-13)5-6-22-19(20)25/h1-4,7,9,23-24H,5-6,8,10H2,(H,22,25). The van der Waals surface area contributed by atoms with Crippen molar-refractivity contribution >= 4 is 28.4 Å². The van der Waals surface area contributed by atoms with Crippen LogP contribution in [0.2, 0.25) is 0 Å². The summed E-state index contributed by atoms with van der Waals surface area (Å²) in [6.07, 6.45) is 2.77. The summed E-state index contributed by atoms with van der Waals surface area (Å²) in [7, 11) is 0. The molecule has 0 fully saturated rings. The first-order valence-corrected chi connectivity index (χ1v) is 9.12. The zero-order valence-electron chi connectivity index (χ0n) is 14.3. The van der Waals surface area contributed by atoms with Gasteiger partial charge in [-0.2, -0.15) is 0 Å². The molecule has 0 spiro atoms. The Morgan fingerprint density at radius 1 is 1.19 bits per heavy atom. The number of amides is 1. The summed E-state index contributed by atoms with van der Waals surface area (Å²) in [5.41, 5.74) is 3.13. The number of H-pyrrole nitrogens is 1. The lowest BCUT2D eigenvalue weighted by molar-refractivity contribution is -0.124. The van der Waals surface area contributed by atoms with Crippen molar-refractivity contribution in [1.82, 2.24) is 10.3 Å². The molecule has 0 saturated carbocycles. The summed E-state index contributed by atoms with van der Waals surface area (Å²) in [6, 6.07) is 8.87. The van der Waals surface area contributed by atoms with Crippen molar-refractivity contribution in [3.05, 3.63) is 53.2 Å². The molecule has 7 heteroatoms. The molecule has 2 aliphatic heterocycles. The monoisotopic (exact) mass is 384 g/mol. The van der Waals surface area contributed by atoms with Gasteiger partial charge < -0.3 is 24.9 Å². The summed E-state index contributed by atoms with van der Waals surface area (Å²) >= 11 is 6.99. The first-order valence-electron chi connectivity index (χ1n) is 8.74. The number of alkyl halides is 1. The van der Waals surface area contributed by atoms with E-state index in [9.17, 15) is 9.90 Å². The van der Waals surface area contributed by atoms with Crippen molar-refractivity contribution in [3.8, 4) is 17.2 Å². The van der Waals surface area contributed by atoms with Gasteiger partial charge in [0.25, 0.3) is 0 Å². The number of aromatic nitrogens is 1. The molecule has 1 amide bonds. The highest BCUT2D eigenvalue weighted by molar-refractivity contribution is 6.36. The smallest absolute Gasteiger partial charge is 0.246 e. The SMILES string of the molecule is O=C1NCCc2c[nH]c3ccc(O)c(c23)C1(Cl)Cc1ccc2c(c1)OCO2. The molecular weight excluding hydrogens is 368 g/mol. The number of benzene rings is 2. The molecule has 6 nitrogen and oxygen atoms in total. The van der Waals surface area contributed by atoms with Gasteiger partial charge >= 0.3 is 0 Å². The van der Waals surface area contributed by atoms with Crippen LogP contribution >= 0.6 is 11.6 Å². The van der Waals surface area contributed by atoms with Crippen molar-refractivity contribution < 1.29 is 19.4 Å². The Bertz CT molecular complexity index is 1080. The van der Waals surface area contributed by atoms with Crippen molar-refractivity contribution in [3.63, 3.8) is 0 Å². The second kappa shape index (κ2) is 5.82. The van der Waals surface area contributed by atoms with Crippen LogP contribution in [0.15, 0.2) is 36.5 Å². The molecule has 1 atom stereocenters. The largest absolute Gasteiger partial charge is 0.508 e. The van der Waals surface area contributed by atoms with Gasteiger partial charge in [0.15, 0.2) is 16.4 Å². The second-order valence-corrected chi connectivity index (χ2v) is 7.51. The van der Waals surface area contributed by atoms with E-state index in [0.717, 1.165) is 22.0 Å². The van der Waals surface area contributed by atoms with E-state index in [0.29, 0.717) is 30.0 Å². The lowest BCUT2D eigenvalue weighted by Gasteiger charge is -2.30. The molecular formula is C20H17ClN2O4. The minimum absolute atomic E-state index is 0.0103. The number of nitrogens with one attached hydrogen (secondary N) is 2. The van der Waals surface area contributed by atoms with Crippen molar-refractivity contribution in [2.75, 3.05) is 13.3 Å². The van der Waals surface area contributed by atoms with E-state index in [1.165, 1.54) is 0 Å². The molecule has 0 saturated heterocycles. The van der Waals surface area contributed by atoms with Gasteiger partial charge in [-0.05, 0) is 41.8 Å². The first kappa shape index (κ1) is 16.3. The number of hydrogen-bond donors (Lipinski definition) is 3. The number of carbonyl (C=O) groups is 1. The number of aromatic amines is 1. The van der Waals surface area contributed by atoms with E-state index in [1.807, 2.05) is 18.3 Å². The fourth-order valence-corrected chi connectivity index (χ4v) is 4.36. The molecule has 5 rings (SSSR count). The van der Waals surface area contributed by atoms with Crippen molar-refractivity contribution in [1.29, 1.82) is 0 Å². The van der Waals surface area contributed by atoms with Gasteiger partial charge in [0.2, 0.25) is 12.7 Å². The number of phenolic OH excluding ortho intramolecular Hbond substituents is 1. The molecule has 2 aromatic carbocycles. The van der Waals surface area contributed by atoms with E-state index >= 15 is 0 Å². The minimum Gasteiger partial charge on any atom is -0.508 e. The van der Waals surface area contributed by atoms with Crippen molar-refractivity contribution in [2.45, 2.75) is 17.7 Å². The zero-order chi connectivity index (χ0) is 18.6. The Morgan fingerprint density at radius 2 is 2.04 bits per heavy atom.